The number of likely N-dealkylation sites (N-methyl/N-ethyl adjacent to an activating group) is 1. The van der Waals surface area contributed by atoms with Gasteiger partial charge in [-0.15, -0.1) is 11.8 Å². The quantitative estimate of drug-likeness (QED) is 0.0423. The van der Waals surface area contributed by atoms with Crippen molar-refractivity contribution in [2.24, 2.45) is 65.1 Å². The molecule has 14 nitrogen and oxygen atoms in total. The summed E-state index contributed by atoms with van der Waals surface area (Å²) in [6.45, 7) is 45.5. The van der Waals surface area contributed by atoms with E-state index in [0.29, 0.717) is 59.3 Å². The summed E-state index contributed by atoms with van der Waals surface area (Å²) < 4.78 is 24.5. The van der Waals surface area contributed by atoms with Gasteiger partial charge < -0.3 is 34.5 Å². The number of nitrogens with zero attached hydrogens (tertiary/aromatic N) is 1. The molecule has 2 aromatic carbocycles. The number of ketones is 3. The van der Waals surface area contributed by atoms with E-state index in [1.165, 1.54) is 35.3 Å². The highest BCUT2D eigenvalue weighted by molar-refractivity contribution is 8.01. The number of unbranched alkanes of at least 4 members (excludes halogenated alkanes) is 2. The molecule has 0 spiro atoms. The third-order valence-electron chi connectivity index (χ3n) is 21.6. The van der Waals surface area contributed by atoms with Crippen LogP contribution in [-0.2, 0) is 51.2 Å². The monoisotopic (exact) mass is 1380 g/mol. The van der Waals surface area contributed by atoms with Crippen molar-refractivity contribution in [1.29, 1.82) is 0 Å². The first-order chi connectivity index (χ1) is 46.4. The fraction of sp³-hybridized carbons (Fsp3) is 0.687. The van der Waals surface area contributed by atoms with E-state index in [1.807, 2.05) is 26.8 Å². The molecule has 4 rings (SSSR count). The van der Waals surface area contributed by atoms with Crippen LogP contribution >= 0.6 is 11.8 Å². The molecule has 0 radical (unpaired) electrons. The number of carbonyl (C=O) groups is 6. The van der Waals surface area contributed by atoms with E-state index >= 15 is 4.79 Å². The number of nitrogens with one attached hydrogen (secondary N) is 3. The number of hydrogen-bond acceptors (Lipinski definition) is 12. The summed E-state index contributed by atoms with van der Waals surface area (Å²) in [5, 5.41) is 9.25. The molecule has 0 bridgehead atoms. The van der Waals surface area contributed by atoms with Crippen LogP contribution in [0.25, 0.3) is 0 Å². The Morgan fingerprint density at radius 3 is 2.06 bits per heavy atom. The number of ether oxygens (including phenoxy) is 4. The Hall–Kier alpha value is -5.51. The highest BCUT2D eigenvalue weighted by Gasteiger charge is 2.45. The molecule has 0 aromatic heterocycles. The standard InChI is InChI=1S/C83H132N4O10S/c1-22-25-33-55(8)47-64-38-41-66(42-39-64)59(12)57(10)48-72(88)62(15)80(95-21)69-37-32-36-68(69)73(89)50-74(94-20)77(56(9)24-3)61(14)60(13)76(53(4)5)63(16)79(91)78(54(6)7)87(19)82(93)96-51-65-40-43-70(86-81(92)97-67-34-30-28-27-29-31-35-67)71(49-65)85-58(11)44-46-84-75(90)52-98-83(17,18)45-26-23-2/h30,34,38-43,49,53-57,59,61-62,67-69,74,76-78,80,85H,11,13,16,22-29,31-33,35-37,44-48,50-52H2,1-10,12,14-15,17-21H3,(H,84,90)(H,86,92)/b34-30+/t55?,56-,57-,59+,61?,62?,67?,68?,69?,74?,76?,77?,78-,80?/m0/s1. The van der Waals surface area contributed by atoms with E-state index in [1.54, 1.807) is 51.2 Å². The summed E-state index contributed by atoms with van der Waals surface area (Å²) in [5.41, 5.74) is 5.88. The molecular formula is C83H132N4O10S. The predicted molar refractivity (Wildman–Crippen MR) is 407 cm³/mol. The first kappa shape index (κ1) is 84.9. The lowest BCUT2D eigenvalue weighted by atomic mass is 9.67. The van der Waals surface area contributed by atoms with Crippen LogP contribution < -0.4 is 16.0 Å². The molecule has 0 aliphatic heterocycles. The average molecular weight is 1380 g/mol. The normalized spacial score (nSPS) is 19.6. The van der Waals surface area contributed by atoms with Crippen LogP contribution in [0, 0.1) is 65.1 Å². The van der Waals surface area contributed by atoms with Gasteiger partial charge in [-0.05, 0) is 145 Å². The van der Waals surface area contributed by atoms with Crippen molar-refractivity contribution < 1.29 is 47.7 Å². The van der Waals surface area contributed by atoms with E-state index in [0.717, 1.165) is 89.0 Å². The molecule has 2 aliphatic carbocycles. The van der Waals surface area contributed by atoms with E-state index in [-0.39, 0.29) is 106 Å². The van der Waals surface area contributed by atoms with Gasteiger partial charge in [0.1, 0.15) is 30.3 Å². The number of benzene rings is 2. The van der Waals surface area contributed by atoms with E-state index < -0.39 is 36.4 Å². The summed E-state index contributed by atoms with van der Waals surface area (Å²) in [6.07, 6.45) is 18.6. The van der Waals surface area contributed by atoms with Crippen molar-refractivity contribution >= 4 is 58.6 Å². The van der Waals surface area contributed by atoms with Crippen LogP contribution in [0.2, 0.25) is 0 Å². The first-order valence-corrected chi connectivity index (χ1v) is 38.6. The van der Waals surface area contributed by atoms with Crippen molar-refractivity contribution in [3.8, 4) is 0 Å². The topological polar surface area (TPSA) is 179 Å². The van der Waals surface area contributed by atoms with Crippen LogP contribution in [0.15, 0.2) is 91.2 Å². The molecule has 1 fully saturated rings. The third-order valence-corrected chi connectivity index (χ3v) is 23.0. The lowest BCUT2D eigenvalue weighted by Crippen LogP contribution is -2.47. The zero-order valence-electron chi connectivity index (χ0n) is 64.0. The fourth-order valence-corrected chi connectivity index (χ4v) is 16.0. The number of methoxy groups -OCH3 is 2. The van der Waals surface area contributed by atoms with Crippen molar-refractivity contribution in [1.82, 2.24) is 10.2 Å². The lowest BCUT2D eigenvalue weighted by Gasteiger charge is -2.40. The highest BCUT2D eigenvalue weighted by atomic mass is 32.2. The molecule has 0 heterocycles. The van der Waals surface area contributed by atoms with Crippen LogP contribution in [0.3, 0.4) is 0 Å². The van der Waals surface area contributed by atoms with Gasteiger partial charge in [0.25, 0.3) is 0 Å². The smallest absolute Gasteiger partial charge is 0.412 e. The van der Waals surface area contributed by atoms with Crippen molar-refractivity contribution in [3.05, 3.63) is 108 Å². The molecule has 3 amide bonds. The first-order valence-electron chi connectivity index (χ1n) is 37.6. The number of allylic oxidation sites excluding steroid dienone is 2. The SMILES string of the molecule is C=C(CCNC(=O)CSC(C)(C)CCCC)Nc1cc(COC(=O)N(C)[C@H](C(=O)C(=C)C(C(=C)C(C)C(C(CC(=O)C2CCCC2C(OC)C(C)C(=O)C[C@H](C)[C@@H](C)c2ccc(CC(C)CCCC)cc2)OC)[C@@H](C)CC)C(C)C)C(C)C)ccc1NC(=O)OC1/C=C/CCCCC1. The molecule has 10 unspecified atom stereocenters. The Morgan fingerprint density at radius 1 is 0.745 bits per heavy atom. The molecule has 1 saturated carbocycles. The van der Waals surface area contributed by atoms with Gasteiger partial charge in [0.2, 0.25) is 5.91 Å². The summed E-state index contributed by atoms with van der Waals surface area (Å²) in [7, 11) is 4.94. The largest absolute Gasteiger partial charge is 0.445 e. The Morgan fingerprint density at radius 2 is 1.43 bits per heavy atom. The van der Waals surface area contributed by atoms with Crippen molar-refractivity contribution in [2.45, 2.75) is 267 Å². The maximum Gasteiger partial charge on any atom is 0.412 e. The molecule has 2 aliphatic rings. The third kappa shape index (κ3) is 26.5. The molecule has 3 N–H and O–H groups in total. The lowest BCUT2D eigenvalue weighted by molar-refractivity contribution is -0.135. The summed E-state index contributed by atoms with van der Waals surface area (Å²) in [5.74, 6) is -0.606. The summed E-state index contributed by atoms with van der Waals surface area (Å²) in [6, 6.07) is 13.3. The van der Waals surface area contributed by atoms with Gasteiger partial charge in [0.05, 0.1) is 29.3 Å². The van der Waals surface area contributed by atoms with Gasteiger partial charge in [-0.25, -0.2) is 9.59 Å². The highest BCUT2D eigenvalue weighted by Crippen LogP contribution is 2.45. The molecule has 98 heavy (non-hydrogen) atoms. The summed E-state index contributed by atoms with van der Waals surface area (Å²) >= 11 is 1.65. The summed E-state index contributed by atoms with van der Waals surface area (Å²) in [4.78, 5) is 86.2. The number of hydrogen-bond donors (Lipinski definition) is 3. The molecule has 0 saturated heterocycles. The van der Waals surface area contributed by atoms with Gasteiger partial charge in [-0.3, -0.25) is 24.5 Å². The average Bonchev–Trinajstić information content (AvgIpc) is 1.31. The Balaban J connectivity index is 1.47. The van der Waals surface area contributed by atoms with Gasteiger partial charge in [0, 0.05) is 75.3 Å². The van der Waals surface area contributed by atoms with Gasteiger partial charge >= 0.3 is 12.2 Å². The van der Waals surface area contributed by atoms with Crippen LogP contribution in [0.4, 0.5) is 21.0 Å². The van der Waals surface area contributed by atoms with Crippen LogP contribution in [0.5, 0.6) is 0 Å². The van der Waals surface area contributed by atoms with Gasteiger partial charge in [0.15, 0.2) is 5.78 Å². The van der Waals surface area contributed by atoms with Gasteiger partial charge in [-0.1, -0.05) is 217 Å². The molecule has 14 atom stereocenters. The molecule has 15 heteroatoms. The number of amides is 3. The second kappa shape index (κ2) is 42.7. The predicted octanol–water partition coefficient (Wildman–Crippen LogP) is 19.9. The Labute approximate surface area is 598 Å². The fourth-order valence-electron chi connectivity index (χ4n) is 15.1. The number of anilines is 2. The molecular weight excluding hydrogens is 1240 g/mol. The minimum absolute atomic E-state index is 0.00146. The van der Waals surface area contributed by atoms with Crippen LogP contribution in [0.1, 0.15) is 242 Å². The Bertz CT molecular complexity index is 2900. The number of thioether (sulfide) groups is 1. The molecule has 2 aromatic rings. The molecule has 550 valence electrons. The number of Topliss-reactive ketones (excluding diaryl/α,β-unsaturated/α-hetero) is 3. The minimum Gasteiger partial charge on any atom is -0.445 e. The van der Waals surface area contributed by atoms with Crippen molar-refractivity contribution in [2.75, 3.05) is 44.2 Å². The maximum atomic E-state index is 15.1. The minimum atomic E-state index is -0.927. The van der Waals surface area contributed by atoms with E-state index in [9.17, 15) is 24.0 Å². The second-order valence-corrected chi connectivity index (χ2v) is 32.2. The van der Waals surface area contributed by atoms with Crippen molar-refractivity contribution in [3.63, 3.8) is 0 Å². The number of rotatable bonds is 44. The Kier molecular flexibility index (Phi) is 37.0. The zero-order chi connectivity index (χ0) is 73.0. The van der Waals surface area contributed by atoms with E-state index in [2.05, 4.69) is 143 Å². The van der Waals surface area contributed by atoms with Gasteiger partial charge in [-0.2, -0.15) is 0 Å². The van der Waals surface area contributed by atoms with Crippen LogP contribution in [-0.4, -0.2) is 103 Å². The maximum absolute atomic E-state index is 15.1. The zero-order valence-corrected chi connectivity index (χ0v) is 64.9. The van der Waals surface area contributed by atoms with E-state index in [4.69, 9.17) is 25.5 Å². The second-order valence-electron chi connectivity index (χ2n) is 30.6. The number of carbonyl (C=O) groups excluding carboxylic acids is 6.